The zero-order valence-corrected chi connectivity index (χ0v) is 16.2. The van der Waals surface area contributed by atoms with Gasteiger partial charge in [-0.25, -0.2) is 12.1 Å². The van der Waals surface area contributed by atoms with Crippen molar-refractivity contribution in [1.82, 2.24) is 0 Å². The van der Waals surface area contributed by atoms with Gasteiger partial charge in [0.15, 0.2) is 0 Å². The van der Waals surface area contributed by atoms with Crippen LogP contribution in [0.5, 0.6) is 0 Å². The van der Waals surface area contributed by atoms with Crippen molar-refractivity contribution in [3.8, 4) is 0 Å². The van der Waals surface area contributed by atoms with Crippen molar-refractivity contribution in [3.05, 3.63) is 58.7 Å². The Hall–Kier alpha value is -0.127. The predicted octanol–water partition coefficient (Wildman–Crippen LogP) is 5.42. The van der Waals surface area contributed by atoms with E-state index in [2.05, 4.69) is 48.0 Å². The average molecular weight is 380 g/mol. The third-order valence-corrected chi connectivity index (χ3v) is 4.30. The van der Waals surface area contributed by atoms with Crippen molar-refractivity contribution in [1.29, 1.82) is 0 Å². The summed E-state index contributed by atoms with van der Waals surface area (Å²) in [5.41, 5.74) is 6.39. The molecule has 2 aliphatic rings. The molecule has 0 bridgehead atoms. The fourth-order valence-corrected chi connectivity index (χ4v) is 3.23. The number of alkyl halides is 1. The van der Waals surface area contributed by atoms with E-state index in [-0.39, 0.29) is 26.2 Å². The largest absolute Gasteiger partial charge is 2.00 e. The monoisotopic (exact) mass is 378 g/mol. The van der Waals surface area contributed by atoms with E-state index < -0.39 is 0 Å². The summed E-state index contributed by atoms with van der Waals surface area (Å²) >= 11 is 4.64. The third kappa shape index (κ3) is 5.53. The molecular weight excluding hydrogens is 355 g/mol. The number of halogens is 1. The first-order chi connectivity index (χ1) is 9.93. The Morgan fingerprint density at radius 3 is 1.48 bits per heavy atom. The van der Waals surface area contributed by atoms with E-state index in [0.29, 0.717) is 0 Å². The van der Waals surface area contributed by atoms with Gasteiger partial charge in [0.1, 0.15) is 0 Å². The van der Waals surface area contributed by atoms with Crippen LogP contribution in [0.3, 0.4) is 0 Å². The summed E-state index contributed by atoms with van der Waals surface area (Å²) in [4.78, 5) is 0. The molecule has 2 heteroatoms. The number of aryl methyl sites for hydroxylation is 4. The molecule has 4 rings (SSSR count). The fraction of sp³-hybridized carbons (Fsp3) is 0.474. The Labute approximate surface area is 153 Å². The first kappa shape index (κ1) is 18.9. The van der Waals surface area contributed by atoms with Crippen molar-refractivity contribution in [3.63, 3.8) is 0 Å². The molecule has 0 radical (unpaired) electrons. The molecule has 0 atom stereocenters. The molecule has 0 N–H and O–H groups in total. The van der Waals surface area contributed by atoms with Crippen molar-refractivity contribution in [2.45, 2.75) is 51.4 Å². The van der Waals surface area contributed by atoms with E-state index >= 15 is 0 Å². The van der Waals surface area contributed by atoms with Crippen molar-refractivity contribution in [2.75, 3.05) is 6.38 Å². The standard InChI is InChI=1S/2C9H11.CH3Cl.Zr/c2*1-2-5-9-7-3-6-8(9)4-1;1-2;/h2*3,6-7H,1-2,4-5H2;1H3;/q2*-1;;+2. The third-order valence-electron chi connectivity index (χ3n) is 4.30. The summed E-state index contributed by atoms with van der Waals surface area (Å²) in [5.74, 6) is 0. The normalized spacial score (nSPS) is 15.1. The maximum atomic E-state index is 4.64. The molecule has 2 aliphatic carbocycles. The molecular formula is C19H25ClZr. The quantitative estimate of drug-likeness (QED) is 0.423. The van der Waals surface area contributed by atoms with Gasteiger partial charge in [-0.2, -0.15) is 46.5 Å². The molecule has 2 aromatic carbocycles. The fourth-order valence-electron chi connectivity index (χ4n) is 3.23. The molecule has 0 fully saturated rings. The summed E-state index contributed by atoms with van der Waals surface area (Å²) in [7, 11) is 0. The van der Waals surface area contributed by atoms with E-state index in [1.807, 2.05) is 0 Å². The van der Waals surface area contributed by atoms with Gasteiger partial charge >= 0.3 is 26.2 Å². The Balaban J connectivity index is 0.000000181. The van der Waals surface area contributed by atoms with Crippen LogP contribution >= 0.6 is 11.6 Å². The summed E-state index contributed by atoms with van der Waals surface area (Å²) < 4.78 is 0. The van der Waals surface area contributed by atoms with Crippen molar-refractivity contribution >= 4 is 11.6 Å². The van der Waals surface area contributed by atoms with Gasteiger partial charge in [0.05, 0.1) is 0 Å². The van der Waals surface area contributed by atoms with Crippen LogP contribution < -0.4 is 0 Å². The van der Waals surface area contributed by atoms with Crippen molar-refractivity contribution in [2.24, 2.45) is 0 Å². The minimum atomic E-state index is 0. The van der Waals surface area contributed by atoms with Gasteiger partial charge in [0.2, 0.25) is 0 Å². The maximum absolute atomic E-state index is 4.64. The second-order valence-corrected chi connectivity index (χ2v) is 5.57. The molecule has 2 aromatic rings. The zero-order chi connectivity index (χ0) is 14.2. The first-order valence-electron chi connectivity index (χ1n) is 7.78. The van der Waals surface area contributed by atoms with Crippen LogP contribution in [0.4, 0.5) is 0 Å². The van der Waals surface area contributed by atoms with Crippen LogP contribution in [-0.2, 0) is 51.9 Å². The number of hydrogen-bond donors (Lipinski definition) is 0. The Morgan fingerprint density at radius 2 is 1.10 bits per heavy atom. The van der Waals surface area contributed by atoms with E-state index in [1.54, 1.807) is 22.3 Å². The van der Waals surface area contributed by atoms with Gasteiger partial charge in [-0.05, 0) is 0 Å². The van der Waals surface area contributed by atoms with E-state index in [9.17, 15) is 0 Å². The molecule has 0 saturated carbocycles. The van der Waals surface area contributed by atoms with Gasteiger partial charge in [-0.15, -0.1) is 11.6 Å². The van der Waals surface area contributed by atoms with Gasteiger partial charge in [-0.3, -0.25) is 0 Å². The van der Waals surface area contributed by atoms with Gasteiger partial charge in [0, 0.05) is 6.38 Å². The second kappa shape index (κ2) is 10.6. The Bertz CT molecular complexity index is 408. The Morgan fingerprint density at radius 1 is 0.714 bits per heavy atom. The van der Waals surface area contributed by atoms with Crippen LogP contribution in [0.2, 0.25) is 0 Å². The van der Waals surface area contributed by atoms with Crippen molar-refractivity contribution < 1.29 is 26.2 Å². The van der Waals surface area contributed by atoms with Crippen LogP contribution in [0.25, 0.3) is 0 Å². The summed E-state index contributed by atoms with van der Waals surface area (Å²) in [6.45, 7) is 0. The van der Waals surface area contributed by atoms with Gasteiger partial charge in [-0.1, -0.05) is 51.4 Å². The molecule has 112 valence electrons. The Kier molecular flexibility index (Phi) is 9.53. The molecule has 0 aliphatic heterocycles. The van der Waals surface area contributed by atoms with Crippen LogP contribution in [0.1, 0.15) is 47.9 Å². The molecule has 0 heterocycles. The summed E-state index contributed by atoms with van der Waals surface area (Å²) in [6.07, 6.45) is 12.4. The summed E-state index contributed by atoms with van der Waals surface area (Å²) in [6, 6.07) is 13.4. The maximum Gasteiger partial charge on any atom is 2.00 e. The molecule has 0 amide bonds. The number of rotatable bonds is 0. The smallest absolute Gasteiger partial charge is 0.210 e. The molecule has 0 unspecified atom stereocenters. The minimum absolute atomic E-state index is 0. The minimum Gasteiger partial charge on any atom is -0.210 e. The number of fused-ring (bicyclic) bond motifs is 2. The zero-order valence-electron chi connectivity index (χ0n) is 13.0. The average Bonchev–Trinajstić information content (AvgIpc) is 3.18. The topological polar surface area (TPSA) is 0 Å². The first-order valence-corrected chi connectivity index (χ1v) is 8.54. The van der Waals surface area contributed by atoms with Crippen LogP contribution in [0, 0.1) is 0 Å². The van der Waals surface area contributed by atoms with E-state index in [4.69, 9.17) is 0 Å². The molecule has 0 nitrogen and oxygen atoms in total. The van der Waals surface area contributed by atoms with E-state index in [1.165, 1.54) is 57.7 Å². The van der Waals surface area contributed by atoms with E-state index in [0.717, 1.165) is 0 Å². The predicted molar refractivity (Wildman–Crippen MR) is 89.1 cm³/mol. The van der Waals surface area contributed by atoms with Crippen LogP contribution in [-0.4, -0.2) is 6.38 Å². The number of hydrogen-bond acceptors (Lipinski definition) is 0. The molecule has 0 aromatic heterocycles. The second-order valence-electron chi connectivity index (χ2n) is 5.57. The molecule has 0 saturated heterocycles. The van der Waals surface area contributed by atoms with Gasteiger partial charge in [0.25, 0.3) is 0 Å². The molecule has 0 spiro atoms. The summed E-state index contributed by atoms with van der Waals surface area (Å²) in [5, 5.41) is 0. The molecule has 21 heavy (non-hydrogen) atoms. The van der Waals surface area contributed by atoms with Crippen LogP contribution in [0.15, 0.2) is 36.4 Å². The van der Waals surface area contributed by atoms with Gasteiger partial charge < -0.3 is 0 Å². The SMILES string of the molecule is CCl.[Zr+2].c1cc2c([cH-]1)CCCC2.c1cc2c([cH-]1)CCCC2.